The van der Waals surface area contributed by atoms with Crippen LogP contribution < -0.4 is 4.74 Å². The van der Waals surface area contributed by atoms with Crippen molar-refractivity contribution in [1.29, 1.82) is 0 Å². The Bertz CT molecular complexity index is 1070. The minimum Gasteiger partial charge on any atom is -0.457 e. The summed E-state index contributed by atoms with van der Waals surface area (Å²) in [6, 6.07) is 15.6. The van der Waals surface area contributed by atoms with Crippen LogP contribution in [0.25, 0.3) is 11.1 Å². The van der Waals surface area contributed by atoms with Crippen LogP contribution in [0.5, 0.6) is 11.5 Å². The third kappa shape index (κ3) is 5.96. The van der Waals surface area contributed by atoms with E-state index in [1.807, 2.05) is 19.9 Å². The first-order valence-corrected chi connectivity index (χ1v) is 10.3. The van der Waals surface area contributed by atoms with Crippen molar-refractivity contribution in [2.45, 2.75) is 39.3 Å². The zero-order valence-corrected chi connectivity index (χ0v) is 18.0. The highest BCUT2D eigenvalue weighted by molar-refractivity contribution is 5.84. The van der Waals surface area contributed by atoms with Crippen molar-refractivity contribution in [2.24, 2.45) is 5.92 Å². The molecule has 3 aromatic carbocycles. The maximum atomic E-state index is 13.2. The summed E-state index contributed by atoms with van der Waals surface area (Å²) in [5.74, 6) is 0.311. The molecular weight excluding hydrogens is 420 g/mol. The van der Waals surface area contributed by atoms with Gasteiger partial charge in [-0.15, -0.1) is 0 Å². The summed E-state index contributed by atoms with van der Waals surface area (Å²) < 4.78 is 58.0. The van der Waals surface area contributed by atoms with Crippen LogP contribution in [0.2, 0.25) is 0 Å². The Kier molecular flexibility index (Phi) is 7.02. The van der Waals surface area contributed by atoms with Crippen LogP contribution in [0.3, 0.4) is 0 Å². The first kappa shape index (κ1) is 23.5. The van der Waals surface area contributed by atoms with E-state index in [0.717, 1.165) is 17.7 Å². The highest BCUT2D eigenvalue weighted by Crippen LogP contribution is 2.36. The second-order valence-electron chi connectivity index (χ2n) is 8.21. The number of alkyl halides is 3. The van der Waals surface area contributed by atoms with Crippen LogP contribution in [0, 0.1) is 11.7 Å². The molecule has 1 atom stereocenters. The quantitative estimate of drug-likeness (QED) is 0.345. The predicted molar refractivity (Wildman–Crippen MR) is 116 cm³/mol. The number of Topliss-reactive ketones (excluding diaryl/α,β-unsaturated/α-hetero) is 1. The van der Waals surface area contributed by atoms with Crippen molar-refractivity contribution < 1.29 is 27.1 Å². The molecule has 0 fully saturated rings. The molecule has 0 amide bonds. The summed E-state index contributed by atoms with van der Waals surface area (Å²) in [7, 11) is 0. The number of carbonyl (C=O) groups is 1. The molecule has 0 heterocycles. The van der Waals surface area contributed by atoms with E-state index in [4.69, 9.17) is 4.74 Å². The highest BCUT2D eigenvalue weighted by atomic mass is 19.4. The molecule has 0 aliphatic heterocycles. The number of hydrogen-bond acceptors (Lipinski definition) is 2. The Balaban J connectivity index is 2.06. The summed E-state index contributed by atoms with van der Waals surface area (Å²) in [5, 5.41) is 0. The van der Waals surface area contributed by atoms with E-state index in [1.165, 1.54) is 43.3 Å². The number of benzene rings is 3. The first-order valence-electron chi connectivity index (χ1n) is 10.3. The van der Waals surface area contributed by atoms with E-state index < -0.39 is 17.6 Å². The third-order valence-corrected chi connectivity index (χ3v) is 5.12. The average Bonchev–Trinajstić information content (AvgIpc) is 2.72. The topological polar surface area (TPSA) is 26.3 Å². The van der Waals surface area contributed by atoms with Crippen molar-refractivity contribution in [1.82, 2.24) is 0 Å². The number of halogens is 4. The minimum atomic E-state index is -4.42. The van der Waals surface area contributed by atoms with Gasteiger partial charge in [0.25, 0.3) is 0 Å². The summed E-state index contributed by atoms with van der Waals surface area (Å²) in [5.41, 5.74) is 1.18. The molecule has 2 nitrogen and oxygen atoms in total. The normalized spacial score (nSPS) is 12.6. The summed E-state index contributed by atoms with van der Waals surface area (Å²) in [6.07, 6.45) is -3.80. The zero-order chi connectivity index (χ0) is 23.5. The molecular formula is C26H24F4O2. The van der Waals surface area contributed by atoms with Gasteiger partial charge in [0.05, 0.1) is 5.56 Å². The zero-order valence-electron chi connectivity index (χ0n) is 18.0. The van der Waals surface area contributed by atoms with Gasteiger partial charge < -0.3 is 4.74 Å². The minimum absolute atomic E-state index is 0.00370. The Morgan fingerprint density at radius 3 is 2.03 bits per heavy atom. The SMILES string of the molecule is CC(=O)C(CC(C)C)c1cc(Oc2ccc(F)cc2)cc(-c2ccc(C(F)(F)F)cc2)c1. The first-order chi connectivity index (χ1) is 15.0. The van der Waals surface area contributed by atoms with Crippen molar-refractivity contribution >= 4 is 5.78 Å². The smallest absolute Gasteiger partial charge is 0.416 e. The molecule has 32 heavy (non-hydrogen) atoms. The van der Waals surface area contributed by atoms with Crippen molar-refractivity contribution in [2.75, 3.05) is 0 Å². The van der Waals surface area contributed by atoms with Crippen molar-refractivity contribution in [3.8, 4) is 22.6 Å². The molecule has 0 saturated carbocycles. The van der Waals surface area contributed by atoms with E-state index in [0.29, 0.717) is 29.0 Å². The Morgan fingerprint density at radius 2 is 1.50 bits per heavy atom. The molecule has 0 aromatic heterocycles. The second kappa shape index (κ2) is 9.55. The maximum Gasteiger partial charge on any atom is 0.416 e. The molecule has 0 aliphatic rings. The Morgan fingerprint density at radius 1 is 0.875 bits per heavy atom. The Labute approximate surface area is 184 Å². The molecule has 3 rings (SSSR count). The van der Waals surface area contributed by atoms with Crippen LogP contribution in [0.15, 0.2) is 66.7 Å². The molecule has 0 bridgehead atoms. The second-order valence-corrected chi connectivity index (χ2v) is 8.21. The summed E-state index contributed by atoms with van der Waals surface area (Å²) >= 11 is 0. The van der Waals surface area contributed by atoms with Crippen LogP contribution in [-0.4, -0.2) is 5.78 Å². The largest absolute Gasteiger partial charge is 0.457 e. The van der Waals surface area contributed by atoms with Gasteiger partial charge in [-0.05, 0) is 84.5 Å². The predicted octanol–water partition coefficient (Wildman–Crippen LogP) is 8.02. The molecule has 0 N–H and O–H groups in total. The lowest BCUT2D eigenvalue weighted by Crippen LogP contribution is -2.12. The van der Waals surface area contributed by atoms with Gasteiger partial charge in [-0.2, -0.15) is 13.2 Å². The molecule has 0 aliphatic carbocycles. The van der Waals surface area contributed by atoms with Gasteiger partial charge in [-0.1, -0.05) is 32.0 Å². The monoisotopic (exact) mass is 444 g/mol. The van der Waals surface area contributed by atoms with Gasteiger partial charge >= 0.3 is 6.18 Å². The summed E-state index contributed by atoms with van der Waals surface area (Å²) in [6.45, 7) is 5.56. The van der Waals surface area contributed by atoms with Crippen molar-refractivity contribution in [3.63, 3.8) is 0 Å². The number of carbonyl (C=O) groups excluding carboxylic acids is 1. The lowest BCUT2D eigenvalue weighted by molar-refractivity contribution is -0.137. The van der Waals surface area contributed by atoms with Gasteiger partial charge in [0, 0.05) is 5.92 Å². The van der Waals surface area contributed by atoms with E-state index in [2.05, 4.69) is 0 Å². The third-order valence-electron chi connectivity index (χ3n) is 5.12. The fourth-order valence-corrected chi connectivity index (χ4v) is 3.55. The van der Waals surface area contributed by atoms with Crippen LogP contribution in [-0.2, 0) is 11.0 Å². The fourth-order valence-electron chi connectivity index (χ4n) is 3.55. The summed E-state index contributed by atoms with van der Waals surface area (Å²) in [4.78, 5) is 12.4. The van der Waals surface area contributed by atoms with Gasteiger partial charge in [-0.3, -0.25) is 4.79 Å². The Hall–Kier alpha value is -3.15. The van der Waals surface area contributed by atoms with Gasteiger partial charge in [0.1, 0.15) is 23.1 Å². The molecule has 0 radical (unpaired) electrons. The van der Waals surface area contributed by atoms with E-state index in [-0.39, 0.29) is 17.6 Å². The standard InChI is InChI=1S/C26H24F4O2/c1-16(2)12-25(17(3)31)20-13-19(18-4-6-21(7-5-18)26(28,29)30)14-24(15-20)32-23-10-8-22(27)9-11-23/h4-11,13-16,25H,12H2,1-3H3. The molecule has 0 saturated heterocycles. The number of hydrogen-bond donors (Lipinski definition) is 0. The van der Waals surface area contributed by atoms with Crippen LogP contribution in [0.4, 0.5) is 17.6 Å². The fraction of sp³-hybridized carbons (Fsp3) is 0.269. The van der Waals surface area contributed by atoms with Crippen LogP contribution >= 0.6 is 0 Å². The lowest BCUT2D eigenvalue weighted by Gasteiger charge is -2.19. The molecule has 1 unspecified atom stereocenters. The maximum absolute atomic E-state index is 13.2. The van der Waals surface area contributed by atoms with Gasteiger partial charge in [0.2, 0.25) is 0 Å². The van der Waals surface area contributed by atoms with Gasteiger partial charge in [0.15, 0.2) is 0 Å². The lowest BCUT2D eigenvalue weighted by atomic mass is 9.86. The number of rotatable bonds is 7. The molecule has 6 heteroatoms. The van der Waals surface area contributed by atoms with E-state index in [9.17, 15) is 22.4 Å². The van der Waals surface area contributed by atoms with E-state index in [1.54, 1.807) is 12.1 Å². The average molecular weight is 444 g/mol. The molecule has 3 aromatic rings. The van der Waals surface area contributed by atoms with Crippen molar-refractivity contribution in [3.05, 3.63) is 83.7 Å². The van der Waals surface area contributed by atoms with Crippen LogP contribution in [0.1, 0.15) is 44.2 Å². The number of ketones is 1. The molecule has 168 valence electrons. The molecule has 0 spiro atoms. The number of ether oxygens (including phenoxy) is 1. The van der Waals surface area contributed by atoms with E-state index >= 15 is 0 Å². The highest BCUT2D eigenvalue weighted by Gasteiger charge is 2.30. The van der Waals surface area contributed by atoms with Gasteiger partial charge in [-0.25, -0.2) is 4.39 Å².